The number of thioether (sulfide) groups is 1. The van der Waals surface area contributed by atoms with Crippen LogP contribution in [0.5, 0.6) is 11.5 Å². The molecule has 3 aliphatic carbocycles. The molecule has 0 spiro atoms. The number of hydrogen-bond acceptors (Lipinski definition) is 5. The molecule has 0 amide bonds. The molecule has 0 saturated heterocycles. The van der Waals surface area contributed by atoms with Crippen LogP contribution in [0, 0.1) is 17.3 Å². The minimum atomic E-state index is -0.602. The molecule has 2 aromatic rings. The van der Waals surface area contributed by atoms with Gasteiger partial charge in [0, 0.05) is 10.1 Å². The molecule has 0 aromatic heterocycles. The first-order valence-corrected chi connectivity index (χ1v) is 11.8. The summed E-state index contributed by atoms with van der Waals surface area (Å²) in [4.78, 5) is 1.05. The highest BCUT2D eigenvalue weighted by Crippen LogP contribution is 2.64. The van der Waals surface area contributed by atoms with Crippen molar-refractivity contribution in [2.45, 2.75) is 60.9 Å². The molecule has 30 heavy (non-hydrogen) atoms. The lowest BCUT2D eigenvalue weighted by atomic mass is 9.55. The van der Waals surface area contributed by atoms with Crippen molar-refractivity contribution in [3.63, 3.8) is 0 Å². The molecule has 0 bridgehead atoms. The molecule has 160 valence electrons. The monoisotopic (exact) mass is 426 g/mol. The zero-order chi connectivity index (χ0) is 21.0. The van der Waals surface area contributed by atoms with E-state index in [2.05, 4.69) is 13.0 Å². The van der Waals surface area contributed by atoms with E-state index in [9.17, 15) is 15.3 Å². The fourth-order valence-corrected chi connectivity index (χ4v) is 7.89. The van der Waals surface area contributed by atoms with E-state index in [0.29, 0.717) is 17.8 Å². The van der Waals surface area contributed by atoms with Crippen LogP contribution in [0.15, 0.2) is 47.4 Å². The molecule has 2 fully saturated rings. The first-order chi connectivity index (χ1) is 14.4. The van der Waals surface area contributed by atoms with Crippen LogP contribution in [0.25, 0.3) is 0 Å². The highest BCUT2D eigenvalue weighted by atomic mass is 32.2. The van der Waals surface area contributed by atoms with Crippen molar-refractivity contribution in [3.05, 3.63) is 53.6 Å². The molecule has 5 rings (SSSR count). The third kappa shape index (κ3) is 3.05. The van der Waals surface area contributed by atoms with Gasteiger partial charge in [-0.3, -0.25) is 0 Å². The quantitative estimate of drug-likeness (QED) is 0.653. The van der Waals surface area contributed by atoms with Crippen molar-refractivity contribution < 1.29 is 20.1 Å². The Morgan fingerprint density at radius 2 is 1.77 bits per heavy atom. The van der Waals surface area contributed by atoms with Crippen molar-refractivity contribution in [1.82, 2.24) is 0 Å². The third-order valence-corrected chi connectivity index (χ3v) is 9.48. The van der Waals surface area contributed by atoms with Gasteiger partial charge >= 0.3 is 0 Å². The fourth-order valence-electron chi connectivity index (χ4n) is 6.47. The van der Waals surface area contributed by atoms with Crippen molar-refractivity contribution in [2.24, 2.45) is 17.3 Å². The van der Waals surface area contributed by atoms with Crippen LogP contribution in [0.3, 0.4) is 0 Å². The van der Waals surface area contributed by atoms with Crippen molar-refractivity contribution in [2.75, 3.05) is 7.11 Å². The highest BCUT2D eigenvalue weighted by molar-refractivity contribution is 8.00. The number of aliphatic hydroxyl groups excluding tert-OH is 2. The Balaban J connectivity index is 1.59. The summed E-state index contributed by atoms with van der Waals surface area (Å²) in [5, 5.41) is 32.0. The van der Waals surface area contributed by atoms with E-state index < -0.39 is 6.10 Å². The van der Waals surface area contributed by atoms with Crippen LogP contribution in [-0.4, -0.2) is 33.8 Å². The standard InChI is InChI=1S/C25H30O4S/c1-25-12-11-18-17-8-5-15(29-2)13-19(17)23(28)24(22(18)20(25)9-10-21(25)27)30-16-6-3-14(26)4-7-16/h3-8,13,18,20-24,26-28H,9-12H2,1-2H3. The molecule has 0 heterocycles. The lowest BCUT2D eigenvalue weighted by Gasteiger charge is -2.54. The maximum Gasteiger partial charge on any atom is 0.119 e. The summed E-state index contributed by atoms with van der Waals surface area (Å²) >= 11 is 1.71. The summed E-state index contributed by atoms with van der Waals surface area (Å²) in [6.45, 7) is 2.25. The Morgan fingerprint density at radius 3 is 2.50 bits per heavy atom. The molecular weight excluding hydrogens is 396 g/mol. The van der Waals surface area contributed by atoms with Gasteiger partial charge < -0.3 is 20.1 Å². The van der Waals surface area contributed by atoms with Crippen LogP contribution >= 0.6 is 11.8 Å². The predicted octanol–water partition coefficient (Wildman–Crippen LogP) is 4.88. The summed E-state index contributed by atoms with van der Waals surface area (Å²) < 4.78 is 5.45. The van der Waals surface area contributed by atoms with Gasteiger partial charge in [0.2, 0.25) is 0 Å². The summed E-state index contributed by atoms with van der Waals surface area (Å²) in [5.41, 5.74) is 2.16. The number of phenolic OH excluding ortho intramolecular Hbond substituents is 1. The number of phenols is 1. The van der Waals surface area contributed by atoms with Gasteiger partial charge in [0.1, 0.15) is 11.5 Å². The van der Waals surface area contributed by atoms with Gasteiger partial charge in [0.05, 0.1) is 19.3 Å². The molecule has 7 unspecified atom stereocenters. The maximum absolute atomic E-state index is 11.6. The molecule has 2 aromatic carbocycles. The fraction of sp³-hybridized carbons (Fsp3) is 0.520. The van der Waals surface area contributed by atoms with E-state index >= 15 is 0 Å². The number of aliphatic hydroxyl groups is 2. The second-order valence-electron chi connectivity index (χ2n) is 9.44. The van der Waals surface area contributed by atoms with Crippen LogP contribution in [0.1, 0.15) is 55.8 Å². The van der Waals surface area contributed by atoms with E-state index in [1.807, 2.05) is 24.3 Å². The lowest BCUT2D eigenvalue weighted by molar-refractivity contribution is -0.0341. The average molecular weight is 427 g/mol. The van der Waals surface area contributed by atoms with Crippen molar-refractivity contribution in [1.29, 1.82) is 0 Å². The summed E-state index contributed by atoms with van der Waals surface area (Å²) in [5.74, 6) is 2.10. The molecular formula is C25H30O4S. The number of fused-ring (bicyclic) bond motifs is 5. The number of ether oxygens (including phenoxy) is 1. The molecule has 2 saturated carbocycles. The predicted molar refractivity (Wildman–Crippen MR) is 118 cm³/mol. The Bertz CT molecular complexity index is 929. The smallest absolute Gasteiger partial charge is 0.119 e. The van der Waals surface area contributed by atoms with Crippen LogP contribution in [-0.2, 0) is 0 Å². The van der Waals surface area contributed by atoms with E-state index in [4.69, 9.17) is 4.74 Å². The van der Waals surface area contributed by atoms with Crippen molar-refractivity contribution >= 4 is 11.8 Å². The Kier molecular flexibility index (Phi) is 5.04. The molecule has 5 heteroatoms. The maximum atomic E-state index is 11.6. The minimum Gasteiger partial charge on any atom is -0.508 e. The van der Waals surface area contributed by atoms with E-state index in [0.717, 1.165) is 41.9 Å². The molecule has 0 aliphatic heterocycles. The molecule has 3 aliphatic rings. The van der Waals surface area contributed by atoms with Crippen LogP contribution in [0.4, 0.5) is 0 Å². The minimum absolute atomic E-state index is 0.00549. The van der Waals surface area contributed by atoms with E-state index in [1.165, 1.54) is 5.56 Å². The molecule has 0 radical (unpaired) electrons. The van der Waals surface area contributed by atoms with Gasteiger partial charge in [-0.05, 0) is 96.4 Å². The van der Waals surface area contributed by atoms with Gasteiger partial charge in [-0.2, -0.15) is 0 Å². The first kappa shape index (κ1) is 20.2. The molecule has 4 nitrogen and oxygen atoms in total. The molecule has 7 atom stereocenters. The summed E-state index contributed by atoms with van der Waals surface area (Å²) in [6.07, 6.45) is 3.08. The van der Waals surface area contributed by atoms with Gasteiger partial charge in [0.25, 0.3) is 0 Å². The van der Waals surface area contributed by atoms with Gasteiger partial charge in [-0.15, -0.1) is 11.8 Å². The third-order valence-electron chi connectivity index (χ3n) is 8.09. The van der Waals surface area contributed by atoms with Gasteiger partial charge in [0.15, 0.2) is 0 Å². The zero-order valence-corrected chi connectivity index (χ0v) is 18.3. The number of aromatic hydroxyl groups is 1. The SMILES string of the molecule is COc1ccc2c(c1)C(O)C(Sc1ccc(O)cc1)C1C2CCC2(C)C(O)CCC12. The normalized spacial score (nSPS) is 37.2. The largest absolute Gasteiger partial charge is 0.508 e. The van der Waals surface area contributed by atoms with Crippen molar-refractivity contribution in [3.8, 4) is 11.5 Å². The van der Waals surface area contributed by atoms with Gasteiger partial charge in [-0.25, -0.2) is 0 Å². The number of rotatable bonds is 3. The Labute approximate surface area is 182 Å². The second kappa shape index (κ2) is 7.47. The number of methoxy groups -OCH3 is 1. The Morgan fingerprint density at radius 1 is 1.00 bits per heavy atom. The number of hydrogen-bond donors (Lipinski definition) is 3. The summed E-state index contributed by atoms with van der Waals surface area (Å²) in [7, 11) is 1.66. The summed E-state index contributed by atoms with van der Waals surface area (Å²) in [6, 6.07) is 13.4. The number of benzene rings is 2. The topological polar surface area (TPSA) is 69.9 Å². The van der Waals surface area contributed by atoms with Gasteiger partial charge in [-0.1, -0.05) is 13.0 Å². The Hall–Kier alpha value is -1.69. The first-order valence-electron chi connectivity index (χ1n) is 10.9. The highest BCUT2D eigenvalue weighted by Gasteiger charge is 2.58. The second-order valence-corrected chi connectivity index (χ2v) is 10.7. The molecule has 3 N–H and O–H groups in total. The van der Waals surface area contributed by atoms with Crippen LogP contribution < -0.4 is 4.74 Å². The van der Waals surface area contributed by atoms with E-state index in [1.54, 1.807) is 31.0 Å². The zero-order valence-electron chi connectivity index (χ0n) is 17.5. The average Bonchev–Trinajstić information content (AvgIpc) is 3.06. The van der Waals surface area contributed by atoms with Crippen LogP contribution in [0.2, 0.25) is 0 Å². The lowest BCUT2D eigenvalue weighted by Crippen LogP contribution is -2.49. The van der Waals surface area contributed by atoms with E-state index in [-0.39, 0.29) is 22.5 Å².